The molecule has 2 nitrogen and oxygen atoms in total. The van der Waals surface area contributed by atoms with Crippen LogP contribution in [0.4, 0.5) is 0 Å². The molecule has 0 aliphatic heterocycles. The molecule has 0 rings (SSSR count). The lowest BCUT2D eigenvalue weighted by Crippen LogP contribution is -2.37. The van der Waals surface area contributed by atoms with E-state index in [1.807, 2.05) is 25.2 Å². The summed E-state index contributed by atoms with van der Waals surface area (Å²) in [5.41, 5.74) is 1.00. The van der Waals surface area contributed by atoms with Gasteiger partial charge in [-0.2, -0.15) is 0 Å². The number of nitrogens with zero attached hydrogens (tertiary/aromatic N) is 1. The van der Waals surface area contributed by atoms with Gasteiger partial charge >= 0.3 is 0 Å². The summed E-state index contributed by atoms with van der Waals surface area (Å²) in [6.45, 7) is 11.2. The first-order valence-electron chi connectivity index (χ1n) is 5.48. The number of hydrogen-bond acceptors (Lipinski definition) is 1. The molecule has 0 bridgehead atoms. The molecule has 0 saturated carbocycles. The Kier molecular flexibility index (Phi) is 6.50. The summed E-state index contributed by atoms with van der Waals surface area (Å²) in [5, 5.41) is 0. The van der Waals surface area contributed by atoms with Gasteiger partial charge in [0.1, 0.15) is 18.9 Å². The molecule has 90 valence electrons. The van der Waals surface area contributed by atoms with Gasteiger partial charge in [0.05, 0.1) is 21.1 Å². The van der Waals surface area contributed by atoms with Crippen LogP contribution in [0, 0.1) is 0 Å². The van der Waals surface area contributed by atoms with E-state index in [0.717, 1.165) is 16.6 Å². The highest BCUT2D eigenvalue weighted by Crippen LogP contribution is 2.11. The summed E-state index contributed by atoms with van der Waals surface area (Å²) in [7, 11) is 6.42. The molecule has 0 aromatic rings. The fourth-order valence-electron chi connectivity index (χ4n) is 1.05. The molecular formula is C14H24NO+. The van der Waals surface area contributed by atoms with Crippen LogP contribution in [0.3, 0.4) is 0 Å². The molecule has 0 heterocycles. The van der Waals surface area contributed by atoms with Crippen LogP contribution in [-0.4, -0.2) is 38.8 Å². The second-order valence-corrected chi connectivity index (χ2v) is 4.62. The van der Waals surface area contributed by atoms with Crippen molar-refractivity contribution in [1.82, 2.24) is 0 Å². The Balaban J connectivity index is 4.14. The van der Waals surface area contributed by atoms with Gasteiger partial charge in [-0.05, 0) is 6.92 Å². The Hall–Kier alpha value is -1.28. The predicted molar refractivity (Wildman–Crippen MR) is 71.1 cm³/mol. The van der Waals surface area contributed by atoms with E-state index in [1.165, 1.54) is 0 Å². The fourth-order valence-corrected chi connectivity index (χ4v) is 1.05. The maximum atomic E-state index is 5.60. The minimum absolute atomic E-state index is 0.682. The average Bonchev–Trinajstić information content (AvgIpc) is 2.17. The quantitative estimate of drug-likeness (QED) is 0.365. The molecular weight excluding hydrogens is 198 g/mol. The summed E-state index contributed by atoms with van der Waals surface area (Å²) < 4.78 is 6.49. The third-order valence-electron chi connectivity index (χ3n) is 2.08. The first kappa shape index (κ1) is 14.7. The van der Waals surface area contributed by atoms with Crippen LogP contribution < -0.4 is 0 Å². The van der Waals surface area contributed by atoms with Crippen molar-refractivity contribution in [2.75, 3.05) is 34.3 Å². The lowest BCUT2D eigenvalue weighted by molar-refractivity contribution is -0.870. The highest BCUT2D eigenvalue weighted by molar-refractivity contribution is 5.34. The van der Waals surface area contributed by atoms with Crippen molar-refractivity contribution in [2.45, 2.75) is 6.92 Å². The second-order valence-electron chi connectivity index (χ2n) is 4.62. The maximum absolute atomic E-state index is 5.60. The Bertz CT molecular complexity index is 292. The minimum Gasteiger partial charge on any atom is -0.488 e. The van der Waals surface area contributed by atoms with Gasteiger partial charge in [-0.25, -0.2) is 0 Å². The molecule has 0 aliphatic rings. The van der Waals surface area contributed by atoms with Crippen LogP contribution in [0.1, 0.15) is 6.92 Å². The summed E-state index contributed by atoms with van der Waals surface area (Å²) in [4.78, 5) is 0. The Labute approximate surface area is 99.8 Å². The molecule has 0 aliphatic carbocycles. The highest BCUT2D eigenvalue weighted by Gasteiger charge is 2.07. The van der Waals surface area contributed by atoms with E-state index >= 15 is 0 Å². The van der Waals surface area contributed by atoms with E-state index in [4.69, 9.17) is 4.74 Å². The maximum Gasteiger partial charge on any atom is 0.137 e. The molecule has 0 atom stereocenters. The molecule has 0 amide bonds. The van der Waals surface area contributed by atoms with Gasteiger partial charge in [-0.15, -0.1) is 0 Å². The number of ether oxygens (including phenoxy) is 1. The van der Waals surface area contributed by atoms with Crippen molar-refractivity contribution in [3.05, 3.63) is 48.8 Å². The molecule has 0 fully saturated rings. The molecule has 16 heavy (non-hydrogen) atoms. The van der Waals surface area contributed by atoms with E-state index in [0.29, 0.717) is 12.4 Å². The zero-order valence-corrected chi connectivity index (χ0v) is 11.0. The van der Waals surface area contributed by atoms with Crippen molar-refractivity contribution in [1.29, 1.82) is 0 Å². The van der Waals surface area contributed by atoms with Gasteiger partial charge in [-0.1, -0.05) is 37.5 Å². The van der Waals surface area contributed by atoms with E-state index in [2.05, 4.69) is 34.3 Å². The number of quaternary nitrogens is 1. The van der Waals surface area contributed by atoms with Gasteiger partial charge in [0.2, 0.25) is 0 Å². The van der Waals surface area contributed by atoms with Crippen LogP contribution in [0.2, 0.25) is 0 Å². The molecule has 0 N–H and O–H groups in total. The van der Waals surface area contributed by atoms with Crippen LogP contribution in [0.25, 0.3) is 0 Å². The van der Waals surface area contributed by atoms with Crippen LogP contribution >= 0.6 is 0 Å². The van der Waals surface area contributed by atoms with Crippen LogP contribution in [-0.2, 0) is 4.74 Å². The summed E-state index contributed by atoms with van der Waals surface area (Å²) in [6.07, 6.45) is 7.54. The molecule has 0 unspecified atom stereocenters. The number of allylic oxidation sites excluding steroid dienone is 4. The van der Waals surface area contributed by atoms with Crippen LogP contribution in [0.5, 0.6) is 0 Å². The molecule has 0 aromatic heterocycles. The van der Waals surface area contributed by atoms with Gasteiger partial charge in [0.25, 0.3) is 0 Å². The standard InChI is InChI=1S/C14H24NO/c1-7-9-10-14(8-2)13(3)16-12-11-15(4,5)6/h7-10H,1,3,11-12H2,2,4-6H3/q+1/b10-9-,14-8+. The first-order valence-corrected chi connectivity index (χ1v) is 5.48. The molecule has 0 aromatic carbocycles. The minimum atomic E-state index is 0.682. The zero-order chi connectivity index (χ0) is 12.6. The van der Waals surface area contributed by atoms with E-state index in [1.54, 1.807) is 6.08 Å². The van der Waals surface area contributed by atoms with Crippen molar-refractivity contribution < 1.29 is 9.22 Å². The van der Waals surface area contributed by atoms with Crippen molar-refractivity contribution >= 4 is 0 Å². The molecule has 0 radical (unpaired) electrons. The Morgan fingerprint density at radius 1 is 1.31 bits per heavy atom. The third-order valence-corrected chi connectivity index (χ3v) is 2.08. The van der Waals surface area contributed by atoms with E-state index in [-0.39, 0.29) is 0 Å². The van der Waals surface area contributed by atoms with E-state index in [9.17, 15) is 0 Å². The zero-order valence-electron chi connectivity index (χ0n) is 11.0. The average molecular weight is 222 g/mol. The number of likely N-dealkylation sites (N-methyl/N-ethyl adjacent to an activating group) is 1. The van der Waals surface area contributed by atoms with Gasteiger partial charge < -0.3 is 9.22 Å². The summed E-state index contributed by atoms with van der Waals surface area (Å²) in [5.74, 6) is 0.717. The smallest absolute Gasteiger partial charge is 0.137 e. The van der Waals surface area contributed by atoms with Gasteiger partial charge in [0, 0.05) is 5.57 Å². The monoisotopic (exact) mass is 222 g/mol. The van der Waals surface area contributed by atoms with Crippen molar-refractivity contribution in [3.63, 3.8) is 0 Å². The van der Waals surface area contributed by atoms with Crippen LogP contribution in [0.15, 0.2) is 48.8 Å². The Morgan fingerprint density at radius 2 is 1.94 bits per heavy atom. The summed E-state index contributed by atoms with van der Waals surface area (Å²) in [6, 6.07) is 0. The first-order chi connectivity index (χ1) is 7.40. The van der Waals surface area contributed by atoms with Gasteiger partial charge in [0.15, 0.2) is 0 Å². The molecule has 2 heteroatoms. The molecule has 0 spiro atoms. The third kappa shape index (κ3) is 7.07. The normalized spacial score (nSPS) is 12.9. The Morgan fingerprint density at radius 3 is 2.38 bits per heavy atom. The SMILES string of the molecule is C=C/C=C\C(=C/C)C(=C)OCC[N+](C)(C)C. The molecule has 0 saturated heterocycles. The van der Waals surface area contributed by atoms with Crippen molar-refractivity contribution in [2.24, 2.45) is 0 Å². The number of hydrogen-bond donors (Lipinski definition) is 0. The second kappa shape index (κ2) is 7.07. The largest absolute Gasteiger partial charge is 0.488 e. The highest BCUT2D eigenvalue weighted by atomic mass is 16.5. The van der Waals surface area contributed by atoms with E-state index < -0.39 is 0 Å². The fraction of sp³-hybridized carbons (Fsp3) is 0.429. The number of rotatable bonds is 7. The lowest BCUT2D eigenvalue weighted by atomic mass is 10.2. The summed E-state index contributed by atoms with van der Waals surface area (Å²) >= 11 is 0. The predicted octanol–water partition coefficient (Wildman–Crippen LogP) is 2.91. The lowest BCUT2D eigenvalue weighted by Gasteiger charge is -2.24. The topological polar surface area (TPSA) is 9.23 Å². The van der Waals surface area contributed by atoms with Gasteiger partial charge in [-0.3, -0.25) is 0 Å². The van der Waals surface area contributed by atoms with Crippen molar-refractivity contribution in [3.8, 4) is 0 Å².